The first kappa shape index (κ1) is 21.4. The molecule has 2 aromatic heterocycles. The zero-order valence-electron chi connectivity index (χ0n) is 18.3. The van der Waals surface area contributed by atoms with E-state index in [1.54, 1.807) is 0 Å². The predicted octanol–water partition coefficient (Wildman–Crippen LogP) is 3.41. The first-order valence-electron chi connectivity index (χ1n) is 11.0. The van der Waals surface area contributed by atoms with Crippen molar-refractivity contribution in [3.63, 3.8) is 0 Å². The summed E-state index contributed by atoms with van der Waals surface area (Å²) in [6.45, 7) is 9.67. The normalized spacial score (nSPS) is 15.0. The average molecular weight is 440 g/mol. The predicted molar refractivity (Wildman–Crippen MR) is 127 cm³/mol. The van der Waals surface area contributed by atoms with Gasteiger partial charge in [0.2, 0.25) is 0 Å². The zero-order valence-corrected chi connectivity index (χ0v) is 19.0. The van der Waals surface area contributed by atoms with Gasteiger partial charge >= 0.3 is 0 Å². The number of pyridine rings is 1. The maximum atomic E-state index is 6.22. The van der Waals surface area contributed by atoms with Crippen LogP contribution in [0.1, 0.15) is 24.7 Å². The van der Waals surface area contributed by atoms with Gasteiger partial charge in [-0.3, -0.25) is 9.39 Å². The van der Waals surface area contributed by atoms with Crippen LogP contribution >= 0.6 is 11.6 Å². The summed E-state index contributed by atoms with van der Waals surface area (Å²) in [6.07, 6.45) is 3.81. The number of aromatic nitrogens is 3. The third-order valence-corrected chi connectivity index (χ3v) is 5.87. The fraction of sp³-hybridized carbons (Fsp3) is 0.435. The molecular formula is C23H30ClN7. The standard InChI is InChI=1S/C23H30ClN7/c1-3-25-23(26-11-6-8-22-28-27-21-7-4-5-12-31(21)22)30-15-13-29(14-16-30)20-17-19(24)10-9-18(20)2/h4-5,7,9-10,12,17H,3,6,8,11,13-16H2,1-2H3,(H,25,26). The number of aryl methyl sites for hydroxylation is 2. The molecule has 1 aliphatic heterocycles. The molecule has 8 heteroatoms. The first-order chi connectivity index (χ1) is 15.2. The number of fused-ring (bicyclic) bond motifs is 1. The van der Waals surface area contributed by atoms with Gasteiger partial charge in [0.1, 0.15) is 5.82 Å². The number of hydrogen-bond donors (Lipinski definition) is 1. The highest BCUT2D eigenvalue weighted by Crippen LogP contribution is 2.25. The van der Waals surface area contributed by atoms with Crippen LogP contribution in [0.25, 0.3) is 5.65 Å². The van der Waals surface area contributed by atoms with Crippen LogP contribution in [0.4, 0.5) is 5.69 Å². The minimum absolute atomic E-state index is 0.762. The fourth-order valence-corrected chi connectivity index (χ4v) is 4.16. The van der Waals surface area contributed by atoms with Gasteiger partial charge in [-0.05, 0) is 50.1 Å². The number of nitrogens with zero attached hydrogens (tertiary/aromatic N) is 6. The lowest BCUT2D eigenvalue weighted by atomic mass is 10.1. The smallest absolute Gasteiger partial charge is 0.194 e. The Morgan fingerprint density at radius 2 is 1.97 bits per heavy atom. The molecule has 0 amide bonds. The summed E-state index contributed by atoms with van der Waals surface area (Å²) in [7, 11) is 0. The SMILES string of the molecule is CCNC(=NCCCc1nnc2ccccn12)N1CCN(c2cc(Cl)ccc2C)CC1. The second kappa shape index (κ2) is 10.0. The molecule has 1 fully saturated rings. The Hall–Kier alpha value is -2.80. The number of anilines is 1. The molecule has 0 spiro atoms. The van der Waals surface area contributed by atoms with Crippen molar-refractivity contribution < 1.29 is 0 Å². The summed E-state index contributed by atoms with van der Waals surface area (Å²) in [5.74, 6) is 1.98. The minimum atomic E-state index is 0.762. The lowest BCUT2D eigenvalue weighted by Gasteiger charge is -2.38. The fourth-order valence-electron chi connectivity index (χ4n) is 3.99. The molecule has 1 aliphatic rings. The maximum Gasteiger partial charge on any atom is 0.194 e. The van der Waals surface area contributed by atoms with Gasteiger partial charge < -0.3 is 15.1 Å². The van der Waals surface area contributed by atoms with Crippen molar-refractivity contribution in [3.05, 3.63) is 59.0 Å². The van der Waals surface area contributed by atoms with E-state index in [1.165, 1.54) is 11.3 Å². The van der Waals surface area contributed by atoms with E-state index in [-0.39, 0.29) is 0 Å². The second-order valence-corrected chi connectivity index (χ2v) is 8.23. The summed E-state index contributed by atoms with van der Waals surface area (Å²) in [6, 6.07) is 12.1. The molecule has 0 atom stereocenters. The number of aliphatic imine (C=N–C) groups is 1. The van der Waals surface area contributed by atoms with Crippen molar-refractivity contribution >= 4 is 28.9 Å². The number of halogens is 1. The number of rotatable bonds is 6. The van der Waals surface area contributed by atoms with Crippen molar-refractivity contribution in [3.8, 4) is 0 Å². The van der Waals surface area contributed by atoms with Gasteiger partial charge in [0.25, 0.3) is 0 Å². The Balaban J connectivity index is 1.33. The molecule has 0 bridgehead atoms. The summed E-state index contributed by atoms with van der Waals surface area (Å²) in [4.78, 5) is 9.65. The highest BCUT2D eigenvalue weighted by atomic mass is 35.5. The number of piperazine rings is 1. The van der Waals surface area contributed by atoms with E-state index in [0.29, 0.717) is 0 Å². The Labute approximate surface area is 188 Å². The van der Waals surface area contributed by atoms with Gasteiger partial charge in [-0.2, -0.15) is 0 Å². The Bertz CT molecular complexity index is 1040. The molecule has 0 saturated carbocycles. The average Bonchev–Trinajstić information content (AvgIpc) is 3.21. The summed E-state index contributed by atoms with van der Waals surface area (Å²) in [5.41, 5.74) is 3.39. The molecule has 1 saturated heterocycles. The van der Waals surface area contributed by atoms with Crippen LogP contribution in [-0.4, -0.2) is 64.7 Å². The zero-order chi connectivity index (χ0) is 21.6. The molecule has 3 aromatic rings. The quantitative estimate of drug-likeness (QED) is 0.362. The number of nitrogens with one attached hydrogen (secondary N) is 1. The topological polar surface area (TPSA) is 61.1 Å². The van der Waals surface area contributed by atoms with Crippen molar-refractivity contribution in [2.75, 3.05) is 44.2 Å². The van der Waals surface area contributed by atoms with Gasteiger partial charge in [0.15, 0.2) is 11.6 Å². The highest BCUT2D eigenvalue weighted by Gasteiger charge is 2.21. The van der Waals surface area contributed by atoms with Gasteiger partial charge in [-0.15, -0.1) is 10.2 Å². The number of guanidine groups is 1. The van der Waals surface area contributed by atoms with Crippen LogP contribution in [0.3, 0.4) is 0 Å². The van der Waals surface area contributed by atoms with Crippen molar-refractivity contribution in [2.24, 2.45) is 4.99 Å². The minimum Gasteiger partial charge on any atom is -0.368 e. The maximum absolute atomic E-state index is 6.22. The summed E-state index contributed by atoms with van der Waals surface area (Å²) >= 11 is 6.22. The van der Waals surface area contributed by atoms with Crippen LogP contribution in [0, 0.1) is 6.92 Å². The van der Waals surface area contributed by atoms with E-state index < -0.39 is 0 Å². The Morgan fingerprint density at radius 3 is 2.77 bits per heavy atom. The lowest BCUT2D eigenvalue weighted by molar-refractivity contribution is 0.372. The van der Waals surface area contributed by atoms with E-state index in [2.05, 4.69) is 51.3 Å². The molecule has 0 aliphatic carbocycles. The van der Waals surface area contributed by atoms with Crippen molar-refractivity contribution in [2.45, 2.75) is 26.7 Å². The van der Waals surface area contributed by atoms with Crippen molar-refractivity contribution in [1.82, 2.24) is 24.8 Å². The van der Waals surface area contributed by atoms with Gasteiger partial charge in [0.05, 0.1) is 0 Å². The van der Waals surface area contributed by atoms with E-state index in [1.807, 2.05) is 34.9 Å². The van der Waals surface area contributed by atoms with Gasteiger partial charge in [0, 0.05) is 62.6 Å². The van der Waals surface area contributed by atoms with Crippen molar-refractivity contribution in [1.29, 1.82) is 0 Å². The van der Waals surface area contributed by atoms with Crippen LogP contribution in [0.15, 0.2) is 47.6 Å². The summed E-state index contributed by atoms with van der Waals surface area (Å²) in [5, 5.41) is 12.8. The molecule has 3 heterocycles. The number of benzene rings is 1. The Morgan fingerprint density at radius 1 is 1.13 bits per heavy atom. The third kappa shape index (κ3) is 5.10. The molecule has 0 unspecified atom stereocenters. The molecule has 4 rings (SSSR count). The molecule has 31 heavy (non-hydrogen) atoms. The van der Waals surface area contributed by atoms with Gasteiger partial charge in [-0.25, -0.2) is 0 Å². The van der Waals surface area contributed by atoms with E-state index in [9.17, 15) is 0 Å². The first-order valence-corrected chi connectivity index (χ1v) is 11.4. The molecular weight excluding hydrogens is 410 g/mol. The second-order valence-electron chi connectivity index (χ2n) is 7.79. The van der Waals surface area contributed by atoms with Crippen LogP contribution in [0.5, 0.6) is 0 Å². The highest BCUT2D eigenvalue weighted by molar-refractivity contribution is 6.30. The Kier molecular flexibility index (Phi) is 6.92. The molecule has 1 N–H and O–H groups in total. The molecule has 164 valence electrons. The van der Waals surface area contributed by atoms with Crippen LogP contribution in [-0.2, 0) is 6.42 Å². The van der Waals surface area contributed by atoms with E-state index >= 15 is 0 Å². The molecule has 0 radical (unpaired) electrons. The number of hydrogen-bond acceptors (Lipinski definition) is 4. The summed E-state index contributed by atoms with van der Waals surface area (Å²) < 4.78 is 2.05. The van der Waals surface area contributed by atoms with E-state index in [4.69, 9.17) is 16.6 Å². The molecule has 7 nitrogen and oxygen atoms in total. The lowest BCUT2D eigenvalue weighted by Crippen LogP contribution is -2.52. The largest absolute Gasteiger partial charge is 0.368 e. The third-order valence-electron chi connectivity index (χ3n) is 5.63. The monoisotopic (exact) mass is 439 g/mol. The van der Waals surface area contributed by atoms with Gasteiger partial charge in [-0.1, -0.05) is 23.7 Å². The van der Waals surface area contributed by atoms with Crippen LogP contribution in [0.2, 0.25) is 5.02 Å². The van der Waals surface area contributed by atoms with E-state index in [0.717, 1.165) is 74.6 Å². The molecule has 1 aromatic carbocycles. The van der Waals surface area contributed by atoms with Crippen LogP contribution < -0.4 is 10.2 Å².